The topological polar surface area (TPSA) is 110 Å². The molecule has 0 atom stereocenters. The fraction of sp³-hybridized carbons (Fsp3) is 0. The van der Waals surface area contributed by atoms with Crippen molar-refractivity contribution in [2.75, 3.05) is 0 Å². The number of allylic oxidation sites excluding steroid dienone is 1. The number of Topliss-reactive ketones (excluding diaryl/α,β-unsaturated/α-hetero) is 1. The molecule has 3 rings (SSSR count). The Morgan fingerprint density at radius 3 is 2.10 bits per heavy atom. The van der Waals surface area contributed by atoms with Gasteiger partial charge in [0.2, 0.25) is 5.78 Å². The van der Waals surface area contributed by atoms with Gasteiger partial charge in [-0.25, -0.2) is 4.79 Å². The highest BCUT2D eigenvalue weighted by Gasteiger charge is 2.13. The quantitative estimate of drug-likeness (QED) is 0.114. The molecule has 0 bridgehead atoms. The third-order valence-electron chi connectivity index (χ3n) is 4.12. The van der Waals surface area contributed by atoms with Gasteiger partial charge < -0.3 is 4.74 Å². The number of non-ortho nitro benzene ring substituents is 1. The lowest BCUT2D eigenvalue weighted by molar-refractivity contribution is -0.384. The summed E-state index contributed by atoms with van der Waals surface area (Å²) in [5, 5.41) is 20.0. The zero-order chi connectivity index (χ0) is 21.5. The van der Waals surface area contributed by atoms with Crippen LogP contribution in [0.5, 0.6) is 5.75 Å². The van der Waals surface area contributed by atoms with Crippen LogP contribution in [0, 0.1) is 21.4 Å². The molecule has 3 aromatic carbocycles. The molecule has 7 heteroatoms. The number of esters is 1. The lowest BCUT2D eigenvalue weighted by Gasteiger charge is -2.05. The Bertz CT molecular complexity index is 1160. The summed E-state index contributed by atoms with van der Waals surface area (Å²) in [6.07, 6.45) is 1.46. The van der Waals surface area contributed by atoms with E-state index in [0.29, 0.717) is 11.1 Å². The van der Waals surface area contributed by atoms with Crippen LogP contribution in [0.3, 0.4) is 0 Å². The highest BCUT2D eigenvalue weighted by atomic mass is 16.6. The second-order valence-corrected chi connectivity index (χ2v) is 6.13. The third-order valence-corrected chi connectivity index (χ3v) is 4.12. The van der Waals surface area contributed by atoms with Crippen molar-refractivity contribution in [3.8, 4) is 11.8 Å². The molecule has 0 saturated carbocycles. The molecule has 0 heterocycles. The van der Waals surface area contributed by atoms with Gasteiger partial charge in [-0.3, -0.25) is 14.9 Å². The van der Waals surface area contributed by atoms with Crippen molar-refractivity contribution in [1.29, 1.82) is 5.26 Å². The lowest BCUT2D eigenvalue weighted by atomic mass is 10.0. The summed E-state index contributed by atoms with van der Waals surface area (Å²) in [6, 6.07) is 21.7. The molecular weight excluding hydrogens is 384 g/mol. The van der Waals surface area contributed by atoms with E-state index in [0.717, 1.165) is 0 Å². The molecule has 0 unspecified atom stereocenters. The van der Waals surface area contributed by atoms with Gasteiger partial charge in [-0.1, -0.05) is 42.5 Å². The maximum atomic E-state index is 12.4. The summed E-state index contributed by atoms with van der Waals surface area (Å²) in [5.74, 6) is -0.791. The van der Waals surface area contributed by atoms with Crippen molar-refractivity contribution < 1.29 is 19.2 Å². The minimum atomic E-state index is -0.662. The fourth-order valence-electron chi connectivity index (χ4n) is 2.58. The maximum Gasteiger partial charge on any atom is 0.343 e. The van der Waals surface area contributed by atoms with Gasteiger partial charge in [-0.15, -0.1) is 0 Å². The second kappa shape index (κ2) is 9.08. The van der Waals surface area contributed by atoms with Crippen molar-refractivity contribution >= 4 is 23.5 Å². The molecule has 0 aliphatic carbocycles. The minimum absolute atomic E-state index is 0.0168. The molecule has 0 aromatic heterocycles. The molecule has 0 spiro atoms. The highest BCUT2D eigenvalue weighted by Crippen LogP contribution is 2.19. The van der Waals surface area contributed by atoms with Crippen molar-refractivity contribution in [2.24, 2.45) is 0 Å². The Balaban J connectivity index is 1.71. The van der Waals surface area contributed by atoms with Crippen LogP contribution in [0.15, 0.2) is 84.4 Å². The van der Waals surface area contributed by atoms with E-state index in [2.05, 4.69) is 0 Å². The Labute approximate surface area is 171 Å². The van der Waals surface area contributed by atoms with Gasteiger partial charge in [-0.2, -0.15) is 5.26 Å². The summed E-state index contributed by atoms with van der Waals surface area (Å²) in [7, 11) is 0. The normalized spacial score (nSPS) is 10.7. The predicted molar refractivity (Wildman–Crippen MR) is 109 cm³/mol. The number of rotatable bonds is 6. The molecule has 0 N–H and O–H groups in total. The maximum absolute atomic E-state index is 12.4. The van der Waals surface area contributed by atoms with E-state index in [4.69, 9.17) is 4.74 Å². The van der Waals surface area contributed by atoms with Gasteiger partial charge in [0, 0.05) is 17.7 Å². The molecule has 7 nitrogen and oxygen atoms in total. The number of carbonyl (C=O) groups is 2. The van der Waals surface area contributed by atoms with Crippen LogP contribution < -0.4 is 4.74 Å². The SMILES string of the molecule is N#C/C(=C/c1ccc(OC(=O)c2ccc([N+](=O)[O-])cc2)cc1)C(=O)c1ccccc1. The molecule has 0 aliphatic heterocycles. The van der Waals surface area contributed by atoms with Crippen molar-refractivity contribution in [3.05, 3.63) is 111 Å². The Morgan fingerprint density at radius 1 is 0.900 bits per heavy atom. The summed E-state index contributed by atoms with van der Waals surface area (Å²) in [5.41, 5.74) is 1.03. The van der Waals surface area contributed by atoms with Gasteiger partial charge in [-0.05, 0) is 35.9 Å². The molecule has 0 aliphatic rings. The number of ketones is 1. The van der Waals surface area contributed by atoms with Crippen LogP contribution in [-0.2, 0) is 0 Å². The number of hydrogen-bond acceptors (Lipinski definition) is 6. The van der Waals surface area contributed by atoms with Crippen LogP contribution in [0.25, 0.3) is 6.08 Å². The standard InChI is InChI=1S/C23H14N2O5/c24-15-19(22(26)17-4-2-1-3-5-17)14-16-6-12-21(13-7-16)30-23(27)18-8-10-20(11-9-18)25(28)29/h1-14H/b19-14-. The first-order valence-corrected chi connectivity index (χ1v) is 8.76. The molecule has 0 fully saturated rings. The van der Waals surface area contributed by atoms with E-state index < -0.39 is 10.9 Å². The Hall–Kier alpha value is -4.57. The van der Waals surface area contributed by atoms with Crippen molar-refractivity contribution in [3.63, 3.8) is 0 Å². The number of nitriles is 1. The monoisotopic (exact) mass is 398 g/mol. The first-order valence-electron chi connectivity index (χ1n) is 8.76. The smallest absolute Gasteiger partial charge is 0.343 e. The van der Waals surface area contributed by atoms with Crippen LogP contribution in [-0.4, -0.2) is 16.7 Å². The predicted octanol–water partition coefficient (Wildman–Crippen LogP) is 4.60. The second-order valence-electron chi connectivity index (χ2n) is 6.13. The third kappa shape index (κ3) is 4.82. The lowest BCUT2D eigenvalue weighted by Crippen LogP contribution is -2.08. The number of carbonyl (C=O) groups excluding carboxylic acids is 2. The number of nitro benzene ring substituents is 1. The molecule has 0 amide bonds. The number of ether oxygens (including phenoxy) is 1. The largest absolute Gasteiger partial charge is 0.423 e. The van der Waals surface area contributed by atoms with Crippen LogP contribution in [0.4, 0.5) is 5.69 Å². The molecule has 0 saturated heterocycles. The molecule has 3 aromatic rings. The number of benzene rings is 3. The Kier molecular flexibility index (Phi) is 6.11. The van der Waals surface area contributed by atoms with Gasteiger partial charge >= 0.3 is 5.97 Å². The number of nitrogens with zero attached hydrogens (tertiary/aromatic N) is 2. The van der Waals surface area contributed by atoms with Gasteiger partial charge in [0.05, 0.1) is 10.5 Å². The van der Waals surface area contributed by atoms with Gasteiger partial charge in [0.1, 0.15) is 17.4 Å². The summed E-state index contributed by atoms with van der Waals surface area (Å²) >= 11 is 0. The Morgan fingerprint density at radius 2 is 1.53 bits per heavy atom. The van der Waals surface area contributed by atoms with E-state index in [-0.39, 0.29) is 28.4 Å². The van der Waals surface area contributed by atoms with E-state index in [1.807, 2.05) is 6.07 Å². The minimum Gasteiger partial charge on any atom is -0.423 e. The summed E-state index contributed by atoms with van der Waals surface area (Å²) < 4.78 is 5.24. The van der Waals surface area contributed by atoms with Crippen molar-refractivity contribution in [2.45, 2.75) is 0 Å². The van der Waals surface area contributed by atoms with Crippen LogP contribution in [0.2, 0.25) is 0 Å². The highest BCUT2D eigenvalue weighted by molar-refractivity contribution is 6.14. The van der Waals surface area contributed by atoms with Gasteiger partial charge in [0.25, 0.3) is 5.69 Å². The number of nitro groups is 1. The first kappa shape index (κ1) is 20.2. The molecule has 0 radical (unpaired) electrons. The first-order chi connectivity index (χ1) is 14.5. The number of hydrogen-bond donors (Lipinski definition) is 0. The molecular formula is C23H14N2O5. The van der Waals surface area contributed by atoms with Crippen molar-refractivity contribution in [1.82, 2.24) is 0 Å². The van der Waals surface area contributed by atoms with Crippen LogP contribution in [0.1, 0.15) is 26.3 Å². The fourth-order valence-corrected chi connectivity index (χ4v) is 2.58. The van der Waals surface area contributed by atoms with Crippen LogP contribution >= 0.6 is 0 Å². The zero-order valence-corrected chi connectivity index (χ0v) is 15.5. The van der Waals surface area contributed by atoms with Gasteiger partial charge in [0.15, 0.2) is 0 Å². The average Bonchev–Trinajstić information content (AvgIpc) is 2.78. The van der Waals surface area contributed by atoms with E-state index in [1.54, 1.807) is 42.5 Å². The summed E-state index contributed by atoms with van der Waals surface area (Å²) in [4.78, 5) is 34.7. The molecule has 30 heavy (non-hydrogen) atoms. The average molecular weight is 398 g/mol. The molecule has 146 valence electrons. The summed E-state index contributed by atoms with van der Waals surface area (Å²) in [6.45, 7) is 0. The van der Waals surface area contributed by atoms with E-state index in [9.17, 15) is 25.0 Å². The zero-order valence-electron chi connectivity index (χ0n) is 15.5. The van der Waals surface area contributed by atoms with E-state index >= 15 is 0 Å². The van der Waals surface area contributed by atoms with E-state index in [1.165, 1.54) is 42.5 Å².